The van der Waals surface area contributed by atoms with Crippen LogP contribution in [0.5, 0.6) is 0 Å². The van der Waals surface area contributed by atoms with Crippen LogP contribution in [-0.4, -0.2) is 25.0 Å². The molecular weight excluding hydrogens is 303 g/mol. The Balaban J connectivity index is 1.93. The molecule has 0 spiro atoms. The molecule has 3 nitrogen and oxygen atoms in total. The number of rotatable bonds is 5. The predicted octanol–water partition coefficient (Wildman–Crippen LogP) is 2.33. The van der Waals surface area contributed by atoms with Crippen molar-refractivity contribution >= 4 is 17.5 Å². The molecule has 2 N–H and O–H groups in total. The van der Waals surface area contributed by atoms with Gasteiger partial charge in [-0.2, -0.15) is 0 Å². The van der Waals surface area contributed by atoms with Crippen molar-refractivity contribution in [2.24, 2.45) is 0 Å². The number of benzene rings is 1. The summed E-state index contributed by atoms with van der Waals surface area (Å²) in [6.07, 6.45) is 5.77. The van der Waals surface area contributed by atoms with E-state index in [-0.39, 0.29) is 17.8 Å². The highest BCUT2D eigenvalue weighted by atomic mass is 35.5. The Kier molecular flexibility index (Phi) is 6.21. The van der Waals surface area contributed by atoms with Gasteiger partial charge >= 0.3 is 0 Å². The lowest BCUT2D eigenvalue weighted by atomic mass is 9.95. The highest BCUT2D eigenvalue weighted by molar-refractivity contribution is 6.31. The fourth-order valence-electron chi connectivity index (χ4n) is 2.93. The number of halogens is 2. The number of likely N-dealkylation sites (N-methyl/N-ethyl adjacent to an activating group) is 1. The van der Waals surface area contributed by atoms with E-state index in [1.54, 1.807) is 12.1 Å². The van der Waals surface area contributed by atoms with E-state index in [9.17, 15) is 9.18 Å². The average Bonchev–Trinajstić information content (AvgIpc) is 2.51. The van der Waals surface area contributed by atoms with Gasteiger partial charge in [0, 0.05) is 6.04 Å². The SMILES string of the molecule is C[C@H](C(=O)NC1CCCCC1)[NH+](C)Cc1c(F)cccc1Cl. The molecule has 1 aromatic rings. The molecule has 0 bridgehead atoms. The highest BCUT2D eigenvalue weighted by Crippen LogP contribution is 2.18. The van der Waals surface area contributed by atoms with Gasteiger partial charge in [0.25, 0.3) is 5.91 Å². The first-order valence-corrected chi connectivity index (χ1v) is 8.42. The summed E-state index contributed by atoms with van der Waals surface area (Å²) in [5.74, 6) is -0.274. The van der Waals surface area contributed by atoms with Crippen LogP contribution < -0.4 is 10.2 Å². The Morgan fingerprint density at radius 3 is 2.73 bits per heavy atom. The predicted molar refractivity (Wildman–Crippen MR) is 86.5 cm³/mol. The van der Waals surface area contributed by atoms with Crippen molar-refractivity contribution in [1.82, 2.24) is 5.32 Å². The molecule has 1 aromatic carbocycles. The molecule has 1 saturated carbocycles. The minimum atomic E-state index is -0.313. The average molecular weight is 328 g/mol. The van der Waals surface area contributed by atoms with E-state index < -0.39 is 0 Å². The molecule has 22 heavy (non-hydrogen) atoms. The lowest BCUT2D eigenvalue weighted by Gasteiger charge is -2.26. The molecule has 0 heterocycles. The molecule has 122 valence electrons. The first kappa shape index (κ1) is 17.2. The Bertz CT molecular complexity index is 497. The summed E-state index contributed by atoms with van der Waals surface area (Å²) in [5.41, 5.74) is 0.471. The molecule has 2 rings (SSSR count). The van der Waals surface area contributed by atoms with E-state index in [1.807, 2.05) is 14.0 Å². The van der Waals surface area contributed by atoms with Crippen LogP contribution in [0.25, 0.3) is 0 Å². The van der Waals surface area contributed by atoms with Gasteiger partial charge in [0.1, 0.15) is 12.4 Å². The number of carbonyl (C=O) groups is 1. The number of amides is 1. The second-order valence-corrected chi connectivity index (χ2v) is 6.70. The van der Waals surface area contributed by atoms with E-state index in [0.29, 0.717) is 23.2 Å². The molecule has 1 fully saturated rings. The van der Waals surface area contributed by atoms with E-state index in [4.69, 9.17) is 11.6 Å². The fourth-order valence-corrected chi connectivity index (χ4v) is 3.16. The van der Waals surface area contributed by atoms with E-state index in [2.05, 4.69) is 5.32 Å². The van der Waals surface area contributed by atoms with Crippen molar-refractivity contribution in [3.8, 4) is 0 Å². The van der Waals surface area contributed by atoms with Crippen LogP contribution >= 0.6 is 11.6 Å². The number of quaternary nitrogens is 1. The van der Waals surface area contributed by atoms with Crippen LogP contribution in [0, 0.1) is 5.82 Å². The van der Waals surface area contributed by atoms with Gasteiger partial charge in [-0.15, -0.1) is 0 Å². The molecule has 0 aromatic heterocycles. The monoisotopic (exact) mass is 327 g/mol. The largest absolute Gasteiger partial charge is 0.348 e. The van der Waals surface area contributed by atoms with E-state index in [1.165, 1.54) is 25.3 Å². The van der Waals surface area contributed by atoms with Gasteiger partial charge in [-0.3, -0.25) is 4.79 Å². The topological polar surface area (TPSA) is 33.5 Å². The van der Waals surface area contributed by atoms with Gasteiger partial charge in [-0.1, -0.05) is 36.9 Å². The van der Waals surface area contributed by atoms with Crippen molar-refractivity contribution in [2.75, 3.05) is 7.05 Å². The number of nitrogens with one attached hydrogen (secondary N) is 2. The maximum absolute atomic E-state index is 13.8. The van der Waals surface area contributed by atoms with Crippen LogP contribution in [0.1, 0.15) is 44.6 Å². The maximum atomic E-state index is 13.8. The van der Waals surface area contributed by atoms with Crippen molar-refractivity contribution < 1.29 is 14.1 Å². The van der Waals surface area contributed by atoms with Crippen molar-refractivity contribution in [3.63, 3.8) is 0 Å². The molecule has 0 saturated heterocycles. The van der Waals surface area contributed by atoms with Gasteiger partial charge in [0.2, 0.25) is 0 Å². The zero-order chi connectivity index (χ0) is 16.1. The van der Waals surface area contributed by atoms with Gasteiger partial charge < -0.3 is 10.2 Å². The first-order valence-electron chi connectivity index (χ1n) is 8.04. The second kappa shape index (κ2) is 7.93. The first-order chi connectivity index (χ1) is 10.5. The number of hydrogen-bond acceptors (Lipinski definition) is 1. The van der Waals surface area contributed by atoms with Crippen LogP contribution in [0.2, 0.25) is 5.02 Å². The molecule has 0 radical (unpaired) electrons. The van der Waals surface area contributed by atoms with Crippen LogP contribution in [0.15, 0.2) is 18.2 Å². The smallest absolute Gasteiger partial charge is 0.278 e. The highest BCUT2D eigenvalue weighted by Gasteiger charge is 2.26. The Hall–Kier alpha value is -1.13. The third-order valence-electron chi connectivity index (χ3n) is 4.60. The summed E-state index contributed by atoms with van der Waals surface area (Å²) in [6.45, 7) is 2.27. The van der Waals surface area contributed by atoms with Crippen LogP contribution in [0.3, 0.4) is 0 Å². The van der Waals surface area contributed by atoms with Gasteiger partial charge in [-0.05, 0) is 31.9 Å². The Morgan fingerprint density at radius 1 is 1.41 bits per heavy atom. The van der Waals surface area contributed by atoms with Gasteiger partial charge in [0.15, 0.2) is 6.04 Å². The molecule has 5 heteroatoms. The third-order valence-corrected chi connectivity index (χ3v) is 4.96. The van der Waals surface area contributed by atoms with Crippen molar-refractivity contribution in [3.05, 3.63) is 34.6 Å². The van der Waals surface area contributed by atoms with E-state index >= 15 is 0 Å². The molecule has 1 aliphatic rings. The zero-order valence-corrected chi connectivity index (χ0v) is 14.0. The van der Waals surface area contributed by atoms with Crippen molar-refractivity contribution in [1.29, 1.82) is 0 Å². The Morgan fingerprint density at radius 2 is 2.09 bits per heavy atom. The lowest BCUT2D eigenvalue weighted by Crippen LogP contribution is -3.12. The van der Waals surface area contributed by atoms with Gasteiger partial charge in [0.05, 0.1) is 17.6 Å². The maximum Gasteiger partial charge on any atom is 0.278 e. The quantitative estimate of drug-likeness (QED) is 0.855. The Labute approximate surface area is 136 Å². The van der Waals surface area contributed by atoms with Crippen LogP contribution in [-0.2, 0) is 11.3 Å². The molecule has 1 unspecified atom stereocenters. The summed E-state index contributed by atoms with van der Waals surface area (Å²) in [4.78, 5) is 13.3. The van der Waals surface area contributed by atoms with Gasteiger partial charge in [-0.25, -0.2) is 4.39 Å². The normalized spacial score (nSPS) is 18.7. The van der Waals surface area contributed by atoms with Crippen LogP contribution in [0.4, 0.5) is 4.39 Å². The standard InChI is InChI=1S/C17H24ClFN2O/c1-12(17(22)20-13-7-4-3-5-8-13)21(2)11-14-15(18)9-6-10-16(14)19/h6,9-10,12-13H,3-5,7-8,11H2,1-2H3,(H,20,22)/p+1/t12-/m1/s1. The lowest BCUT2D eigenvalue weighted by molar-refractivity contribution is -0.908. The molecular formula is C17H25ClFN2O+. The van der Waals surface area contributed by atoms with Crippen molar-refractivity contribution in [2.45, 2.75) is 57.7 Å². The molecule has 0 aliphatic heterocycles. The molecule has 2 atom stereocenters. The zero-order valence-electron chi connectivity index (χ0n) is 13.3. The third kappa shape index (κ3) is 4.43. The molecule has 1 amide bonds. The summed E-state index contributed by atoms with van der Waals surface area (Å²) in [7, 11) is 1.90. The number of carbonyl (C=O) groups excluding carboxylic acids is 1. The summed E-state index contributed by atoms with van der Waals surface area (Å²) in [6, 6.07) is 4.74. The van der Waals surface area contributed by atoms with E-state index in [0.717, 1.165) is 17.7 Å². The molecule has 1 aliphatic carbocycles. The summed E-state index contributed by atoms with van der Waals surface area (Å²) < 4.78 is 13.8. The summed E-state index contributed by atoms with van der Waals surface area (Å²) in [5, 5.41) is 3.54. The minimum Gasteiger partial charge on any atom is -0.348 e. The fraction of sp³-hybridized carbons (Fsp3) is 0.588. The summed E-state index contributed by atoms with van der Waals surface area (Å²) >= 11 is 6.06. The number of hydrogen-bond donors (Lipinski definition) is 2. The second-order valence-electron chi connectivity index (χ2n) is 6.29. The minimum absolute atomic E-state index is 0.0388.